The van der Waals surface area contributed by atoms with E-state index in [-0.39, 0.29) is 5.91 Å². The van der Waals surface area contributed by atoms with E-state index in [0.29, 0.717) is 21.2 Å². The SMILES string of the molecule is CC(=O)Nc1cc(S)c(N)cc1S. The molecular weight excluding hydrogens is 204 g/mol. The molecule has 0 atom stereocenters. The van der Waals surface area contributed by atoms with E-state index in [4.69, 9.17) is 5.73 Å². The van der Waals surface area contributed by atoms with Gasteiger partial charge in [0.05, 0.1) is 5.69 Å². The van der Waals surface area contributed by atoms with Gasteiger partial charge in [-0.05, 0) is 12.1 Å². The lowest BCUT2D eigenvalue weighted by Crippen LogP contribution is -2.06. The standard InChI is InChI=1S/C8H10N2OS2/c1-4(11)10-6-3-7(12)5(9)2-8(6)13/h2-3,12-13H,9H2,1H3,(H,10,11). The minimum absolute atomic E-state index is 0.146. The lowest BCUT2D eigenvalue weighted by atomic mass is 10.3. The molecule has 0 heterocycles. The highest BCUT2D eigenvalue weighted by Crippen LogP contribution is 2.28. The number of carbonyl (C=O) groups is 1. The molecule has 0 saturated heterocycles. The number of carbonyl (C=O) groups excluding carboxylic acids is 1. The van der Waals surface area contributed by atoms with Crippen LogP contribution in [-0.2, 0) is 4.79 Å². The maximum Gasteiger partial charge on any atom is 0.221 e. The van der Waals surface area contributed by atoms with Crippen LogP contribution in [-0.4, -0.2) is 5.91 Å². The van der Waals surface area contributed by atoms with Gasteiger partial charge in [0, 0.05) is 22.4 Å². The van der Waals surface area contributed by atoms with E-state index in [0.717, 1.165) is 0 Å². The molecule has 0 radical (unpaired) electrons. The quantitative estimate of drug-likeness (QED) is 0.425. The monoisotopic (exact) mass is 214 g/mol. The van der Waals surface area contributed by atoms with Crippen molar-refractivity contribution in [3.8, 4) is 0 Å². The van der Waals surface area contributed by atoms with Crippen LogP contribution in [0.15, 0.2) is 21.9 Å². The Hall–Kier alpha value is -0.810. The first-order valence-electron chi connectivity index (χ1n) is 3.59. The summed E-state index contributed by atoms with van der Waals surface area (Å²) < 4.78 is 0. The average Bonchev–Trinajstić information content (AvgIpc) is 1.99. The lowest BCUT2D eigenvalue weighted by Gasteiger charge is -2.08. The van der Waals surface area contributed by atoms with Crippen molar-refractivity contribution in [1.82, 2.24) is 0 Å². The fourth-order valence-corrected chi connectivity index (χ4v) is 1.34. The van der Waals surface area contributed by atoms with Crippen LogP contribution in [0.3, 0.4) is 0 Å². The van der Waals surface area contributed by atoms with Crippen molar-refractivity contribution in [3.63, 3.8) is 0 Å². The molecule has 3 nitrogen and oxygen atoms in total. The third-order valence-corrected chi connectivity index (χ3v) is 2.21. The topological polar surface area (TPSA) is 55.1 Å². The molecule has 0 spiro atoms. The Morgan fingerprint density at radius 3 is 2.54 bits per heavy atom. The fourth-order valence-electron chi connectivity index (χ4n) is 0.883. The van der Waals surface area contributed by atoms with Crippen molar-refractivity contribution in [2.45, 2.75) is 16.7 Å². The van der Waals surface area contributed by atoms with Crippen LogP contribution in [0, 0.1) is 0 Å². The summed E-state index contributed by atoms with van der Waals surface area (Å²) in [5, 5.41) is 2.62. The number of benzene rings is 1. The molecular formula is C8H10N2OS2. The fraction of sp³-hybridized carbons (Fsp3) is 0.125. The highest BCUT2D eigenvalue weighted by atomic mass is 32.1. The zero-order valence-electron chi connectivity index (χ0n) is 7.03. The summed E-state index contributed by atoms with van der Waals surface area (Å²) in [5.74, 6) is -0.146. The summed E-state index contributed by atoms with van der Waals surface area (Å²) in [6, 6.07) is 3.32. The van der Waals surface area contributed by atoms with Gasteiger partial charge in [-0.1, -0.05) is 0 Å². The molecule has 3 N–H and O–H groups in total. The highest BCUT2D eigenvalue weighted by molar-refractivity contribution is 7.81. The molecule has 70 valence electrons. The van der Waals surface area contributed by atoms with Crippen molar-refractivity contribution < 1.29 is 4.79 Å². The Morgan fingerprint density at radius 2 is 2.00 bits per heavy atom. The number of amides is 1. The second-order valence-corrected chi connectivity index (χ2v) is 3.57. The maximum atomic E-state index is 10.8. The van der Waals surface area contributed by atoms with Crippen LogP contribution < -0.4 is 11.1 Å². The molecule has 13 heavy (non-hydrogen) atoms. The van der Waals surface area contributed by atoms with Gasteiger partial charge in [-0.25, -0.2) is 0 Å². The molecule has 0 aliphatic carbocycles. The zero-order valence-corrected chi connectivity index (χ0v) is 8.82. The number of thiol groups is 2. The van der Waals surface area contributed by atoms with Gasteiger partial charge < -0.3 is 11.1 Å². The van der Waals surface area contributed by atoms with Gasteiger partial charge in [-0.3, -0.25) is 4.79 Å². The second kappa shape index (κ2) is 3.93. The number of anilines is 2. The van der Waals surface area contributed by atoms with Gasteiger partial charge in [0.1, 0.15) is 0 Å². The summed E-state index contributed by atoms with van der Waals surface area (Å²) in [7, 11) is 0. The third-order valence-electron chi connectivity index (χ3n) is 1.46. The Balaban J connectivity index is 3.08. The van der Waals surface area contributed by atoms with Gasteiger partial charge in [0.25, 0.3) is 0 Å². The molecule has 1 amide bonds. The first-order chi connectivity index (χ1) is 6.00. The van der Waals surface area contributed by atoms with E-state index in [1.165, 1.54) is 6.92 Å². The van der Waals surface area contributed by atoms with E-state index in [1.807, 2.05) is 0 Å². The van der Waals surface area contributed by atoms with E-state index >= 15 is 0 Å². The molecule has 0 bridgehead atoms. The molecule has 1 aromatic rings. The summed E-state index contributed by atoms with van der Waals surface area (Å²) >= 11 is 8.29. The average molecular weight is 214 g/mol. The van der Waals surface area contributed by atoms with Crippen molar-refractivity contribution >= 4 is 42.5 Å². The second-order valence-electron chi connectivity index (χ2n) is 2.61. The maximum absolute atomic E-state index is 10.8. The van der Waals surface area contributed by atoms with Gasteiger partial charge in [-0.2, -0.15) is 0 Å². The van der Waals surface area contributed by atoms with Gasteiger partial charge in [-0.15, -0.1) is 25.3 Å². The summed E-state index contributed by atoms with van der Waals surface area (Å²) in [4.78, 5) is 12.0. The molecule has 0 aromatic heterocycles. The predicted molar refractivity (Wildman–Crippen MR) is 59.7 cm³/mol. The molecule has 0 unspecified atom stereocenters. The smallest absolute Gasteiger partial charge is 0.221 e. The van der Waals surface area contributed by atoms with Crippen LogP contribution in [0.1, 0.15) is 6.92 Å². The van der Waals surface area contributed by atoms with E-state index in [1.54, 1.807) is 12.1 Å². The molecule has 0 aliphatic heterocycles. The molecule has 1 rings (SSSR count). The largest absolute Gasteiger partial charge is 0.398 e. The normalized spacial score (nSPS) is 9.77. The number of hydrogen-bond acceptors (Lipinski definition) is 4. The van der Waals surface area contributed by atoms with Crippen LogP contribution in [0.5, 0.6) is 0 Å². The van der Waals surface area contributed by atoms with E-state index in [2.05, 4.69) is 30.6 Å². The first-order valence-corrected chi connectivity index (χ1v) is 4.49. The van der Waals surface area contributed by atoms with Crippen molar-refractivity contribution in [3.05, 3.63) is 12.1 Å². The van der Waals surface area contributed by atoms with Gasteiger partial charge in [0.2, 0.25) is 5.91 Å². The van der Waals surface area contributed by atoms with E-state index in [9.17, 15) is 4.79 Å². The minimum Gasteiger partial charge on any atom is -0.398 e. The van der Waals surface area contributed by atoms with Gasteiger partial charge >= 0.3 is 0 Å². The summed E-state index contributed by atoms with van der Waals surface area (Å²) in [6.07, 6.45) is 0. The van der Waals surface area contributed by atoms with E-state index < -0.39 is 0 Å². The van der Waals surface area contributed by atoms with Crippen molar-refractivity contribution in [2.75, 3.05) is 11.1 Å². The Morgan fingerprint density at radius 1 is 1.38 bits per heavy atom. The predicted octanol–water partition coefficient (Wildman–Crippen LogP) is 1.80. The number of rotatable bonds is 1. The number of nitrogens with two attached hydrogens (primary N) is 1. The summed E-state index contributed by atoms with van der Waals surface area (Å²) in [6.45, 7) is 1.43. The molecule has 1 aromatic carbocycles. The van der Waals surface area contributed by atoms with Crippen LogP contribution in [0.25, 0.3) is 0 Å². The number of nitrogen functional groups attached to an aromatic ring is 1. The lowest BCUT2D eigenvalue weighted by molar-refractivity contribution is -0.114. The zero-order chi connectivity index (χ0) is 10.0. The van der Waals surface area contributed by atoms with Crippen LogP contribution in [0.2, 0.25) is 0 Å². The third kappa shape index (κ3) is 2.57. The Labute approximate surface area is 87.5 Å². The Kier molecular flexibility index (Phi) is 3.11. The highest BCUT2D eigenvalue weighted by Gasteiger charge is 2.04. The number of hydrogen-bond donors (Lipinski definition) is 4. The van der Waals surface area contributed by atoms with Crippen molar-refractivity contribution in [2.24, 2.45) is 0 Å². The number of nitrogens with one attached hydrogen (secondary N) is 1. The molecule has 0 aliphatic rings. The summed E-state index contributed by atoms with van der Waals surface area (Å²) in [5.41, 5.74) is 6.75. The minimum atomic E-state index is -0.146. The van der Waals surface area contributed by atoms with Crippen LogP contribution >= 0.6 is 25.3 Å². The Bertz CT molecular complexity index is 352. The molecule has 0 saturated carbocycles. The molecule has 0 fully saturated rings. The van der Waals surface area contributed by atoms with Gasteiger partial charge in [0.15, 0.2) is 0 Å². The first kappa shape index (κ1) is 10.3. The van der Waals surface area contributed by atoms with Crippen molar-refractivity contribution in [1.29, 1.82) is 0 Å². The molecule has 5 heteroatoms. The van der Waals surface area contributed by atoms with Crippen LogP contribution in [0.4, 0.5) is 11.4 Å².